The first-order valence-corrected chi connectivity index (χ1v) is 15.5. The van der Waals surface area contributed by atoms with Gasteiger partial charge in [0.1, 0.15) is 11.5 Å². The van der Waals surface area contributed by atoms with Crippen molar-refractivity contribution in [1.82, 2.24) is 25.1 Å². The minimum absolute atomic E-state index is 0.000556. The van der Waals surface area contributed by atoms with E-state index in [2.05, 4.69) is 27.8 Å². The number of carbonyl (C=O) groups is 4. The zero-order chi connectivity index (χ0) is 32.4. The van der Waals surface area contributed by atoms with Gasteiger partial charge in [-0.2, -0.15) is 0 Å². The predicted molar refractivity (Wildman–Crippen MR) is 166 cm³/mol. The molecule has 2 aliphatic carbocycles. The molecule has 3 unspecified atom stereocenters. The standard InChI is InChI=1S/C33H36N6O7/c1-2-46-33(45)39-17-16-38(32(43)44)28-27(29(28)39)23(14-15-26(40)41)36-31(42)24-18-25(37-30(35-24)20-9-4-3-5-10-20)34-22-13-12-19-8-6-7-11-21(19)22/h3-11,18,22-23,27-29H,2,12-17H2,1H3,(H,36,42)(H,40,41)(H,43,44)(H,34,35,37)/t22-,23+,27?,28?,29?/m1/s1. The van der Waals surface area contributed by atoms with Crippen molar-refractivity contribution in [1.29, 1.82) is 0 Å². The van der Waals surface area contributed by atoms with E-state index in [9.17, 15) is 29.4 Å². The van der Waals surface area contributed by atoms with Crippen molar-refractivity contribution in [3.63, 3.8) is 0 Å². The lowest BCUT2D eigenvalue weighted by molar-refractivity contribution is -0.137. The molecule has 13 heteroatoms. The van der Waals surface area contributed by atoms with Gasteiger partial charge < -0.3 is 35.4 Å². The third kappa shape index (κ3) is 6.30. The Morgan fingerprint density at radius 3 is 2.43 bits per heavy atom. The molecule has 6 rings (SSSR count). The number of ether oxygens (including phenoxy) is 1. The molecule has 13 nitrogen and oxygen atoms in total. The summed E-state index contributed by atoms with van der Waals surface area (Å²) in [5.41, 5.74) is 3.22. The summed E-state index contributed by atoms with van der Waals surface area (Å²) in [6.07, 6.45) is -0.158. The van der Waals surface area contributed by atoms with Crippen molar-refractivity contribution in [3.05, 3.63) is 77.5 Å². The zero-order valence-corrected chi connectivity index (χ0v) is 25.3. The lowest BCUT2D eigenvalue weighted by atomic mass is 10.0. The molecule has 2 heterocycles. The Morgan fingerprint density at radius 2 is 1.70 bits per heavy atom. The molecule has 2 fully saturated rings. The second-order valence-corrected chi connectivity index (χ2v) is 11.7. The second kappa shape index (κ2) is 13.0. The van der Waals surface area contributed by atoms with E-state index in [0.717, 1.165) is 12.8 Å². The molecule has 46 heavy (non-hydrogen) atoms. The first-order chi connectivity index (χ1) is 22.2. The number of aliphatic carboxylic acids is 1. The van der Waals surface area contributed by atoms with Crippen molar-refractivity contribution < 1.29 is 34.1 Å². The van der Waals surface area contributed by atoms with Crippen LogP contribution in [0.5, 0.6) is 0 Å². The number of carboxylic acids is 1. The molecule has 0 bridgehead atoms. The molecule has 1 aliphatic heterocycles. The molecule has 2 aromatic carbocycles. The first kappa shape index (κ1) is 30.8. The maximum absolute atomic E-state index is 13.9. The Morgan fingerprint density at radius 1 is 0.978 bits per heavy atom. The average Bonchev–Trinajstić information content (AvgIpc) is 3.67. The molecule has 4 N–H and O–H groups in total. The number of rotatable bonds is 10. The minimum Gasteiger partial charge on any atom is -0.481 e. The van der Waals surface area contributed by atoms with Gasteiger partial charge in [-0.1, -0.05) is 54.6 Å². The Labute approximate surface area is 265 Å². The minimum atomic E-state index is -1.14. The normalized spacial score (nSPS) is 21.8. The van der Waals surface area contributed by atoms with E-state index in [4.69, 9.17) is 9.72 Å². The Balaban J connectivity index is 1.30. The van der Waals surface area contributed by atoms with E-state index in [-0.39, 0.29) is 44.3 Å². The third-order valence-electron chi connectivity index (χ3n) is 8.94. The van der Waals surface area contributed by atoms with Gasteiger partial charge in [-0.15, -0.1) is 0 Å². The maximum atomic E-state index is 13.9. The largest absolute Gasteiger partial charge is 0.481 e. The van der Waals surface area contributed by atoms with E-state index in [1.54, 1.807) is 13.0 Å². The molecular weight excluding hydrogens is 592 g/mol. The van der Waals surface area contributed by atoms with Gasteiger partial charge in [0.15, 0.2) is 5.82 Å². The van der Waals surface area contributed by atoms with Crippen LogP contribution in [0.4, 0.5) is 15.4 Å². The molecule has 1 aromatic heterocycles. The number of amides is 3. The van der Waals surface area contributed by atoms with Crippen molar-refractivity contribution in [2.24, 2.45) is 5.92 Å². The van der Waals surface area contributed by atoms with Crippen LogP contribution in [-0.4, -0.2) is 91.9 Å². The summed E-state index contributed by atoms with van der Waals surface area (Å²) in [5.74, 6) is -1.34. The fraction of sp³-hybridized carbons (Fsp3) is 0.394. The molecule has 0 spiro atoms. The van der Waals surface area contributed by atoms with E-state index < -0.39 is 48.1 Å². The van der Waals surface area contributed by atoms with Gasteiger partial charge in [0.05, 0.1) is 24.7 Å². The first-order valence-electron chi connectivity index (χ1n) is 15.5. The number of carboxylic acid groups (broad SMARTS) is 2. The van der Waals surface area contributed by atoms with Crippen LogP contribution in [0.2, 0.25) is 0 Å². The number of hydrogen-bond acceptors (Lipinski definition) is 8. The molecule has 3 aliphatic rings. The average molecular weight is 629 g/mol. The number of fused-ring (bicyclic) bond motifs is 2. The van der Waals surface area contributed by atoms with Gasteiger partial charge >= 0.3 is 18.2 Å². The van der Waals surface area contributed by atoms with Crippen LogP contribution >= 0.6 is 0 Å². The Kier molecular flexibility index (Phi) is 8.73. The monoisotopic (exact) mass is 628 g/mol. The van der Waals surface area contributed by atoms with Crippen LogP contribution in [0.1, 0.15) is 53.8 Å². The van der Waals surface area contributed by atoms with E-state index >= 15 is 0 Å². The Hall–Kier alpha value is -5.20. The Bertz CT molecular complexity index is 1640. The summed E-state index contributed by atoms with van der Waals surface area (Å²) >= 11 is 0. The number of nitrogens with zero attached hydrogens (tertiary/aromatic N) is 4. The fourth-order valence-corrected chi connectivity index (χ4v) is 6.84. The number of hydrogen-bond donors (Lipinski definition) is 4. The summed E-state index contributed by atoms with van der Waals surface area (Å²) in [6, 6.07) is 17.1. The van der Waals surface area contributed by atoms with Crippen molar-refractivity contribution in [2.45, 2.75) is 56.8 Å². The van der Waals surface area contributed by atoms with Gasteiger partial charge in [-0.3, -0.25) is 9.59 Å². The fourth-order valence-electron chi connectivity index (χ4n) is 6.84. The van der Waals surface area contributed by atoms with Gasteiger partial charge in [0.2, 0.25) is 0 Å². The van der Waals surface area contributed by atoms with Crippen LogP contribution in [0.3, 0.4) is 0 Å². The predicted octanol–water partition coefficient (Wildman–Crippen LogP) is 4.03. The summed E-state index contributed by atoms with van der Waals surface area (Å²) in [7, 11) is 0. The summed E-state index contributed by atoms with van der Waals surface area (Å²) < 4.78 is 5.21. The highest BCUT2D eigenvalue weighted by Crippen LogP contribution is 2.47. The van der Waals surface area contributed by atoms with Crippen LogP contribution in [0, 0.1) is 5.92 Å². The van der Waals surface area contributed by atoms with Crippen LogP contribution in [-0.2, 0) is 16.0 Å². The number of aryl methyl sites for hydroxylation is 1. The summed E-state index contributed by atoms with van der Waals surface area (Å²) in [4.78, 5) is 62.4. The van der Waals surface area contributed by atoms with Gasteiger partial charge in [0.25, 0.3) is 5.91 Å². The van der Waals surface area contributed by atoms with Crippen molar-refractivity contribution >= 4 is 29.9 Å². The topological polar surface area (TPSA) is 174 Å². The van der Waals surface area contributed by atoms with Crippen LogP contribution in [0.15, 0.2) is 60.7 Å². The maximum Gasteiger partial charge on any atom is 0.410 e. The highest BCUT2D eigenvalue weighted by atomic mass is 16.6. The molecular formula is C33H36N6O7. The van der Waals surface area contributed by atoms with Gasteiger partial charge in [-0.25, -0.2) is 19.6 Å². The zero-order valence-electron chi connectivity index (χ0n) is 25.3. The highest BCUT2D eigenvalue weighted by Gasteiger charge is 2.64. The lowest BCUT2D eigenvalue weighted by Crippen LogP contribution is -2.50. The van der Waals surface area contributed by atoms with E-state index in [0.29, 0.717) is 17.2 Å². The van der Waals surface area contributed by atoms with E-state index in [1.165, 1.54) is 20.9 Å². The number of benzene rings is 2. The van der Waals surface area contributed by atoms with Crippen molar-refractivity contribution in [3.8, 4) is 11.4 Å². The van der Waals surface area contributed by atoms with E-state index in [1.807, 2.05) is 42.5 Å². The summed E-state index contributed by atoms with van der Waals surface area (Å²) in [6.45, 7) is 2.05. The molecule has 0 radical (unpaired) electrons. The number of anilines is 1. The molecule has 1 saturated heterocycles. The second-order valence-electron chi connectivity index (χ2n) is 11.7. The third-order valence-corrected chi connectivity index (χ3v) is 8.94. The number of nitrogens with one attached hydrogen (secondary N) is 2. The molecule has 1 saturated carbocycles. The molecule has 3 aromatic rings. The van der Waals surface area contributed by atoms with Crippen LogP contribution in [0.25, 0.3) is 11.4 Å². The summed E-state index contributed by atoms with van der Waals surface area (Å²) in [5, 5.41) is 25.8. The quantitative estimate of drug-likeness (QED) is 0.257. The van der Waals surface area contributed by atoms with Crippen LogP contribution < -0.4 is 10.6 Å². The number of carbonyl (C=O) groups excluding carboxylic acids is 2. The van der Waals surface area contributed by atoms with Crippen molar-refractivity contribution in [2.75, 3.05) is 25.0 Å². The molecule has 3 amide bonds. The lowest BCUT2D eigenvalue weighted by Gasteiger charge is -2.31. The van der Waals surface area contributed by atoms with Gasteiger partial charge in [-0.05, 0) is 37.3 Å². The number of aromatic nitrogens is 2. The molecule has 240 valence electrons. The highest BCUT2D eigenvalue weighted by molar-refractivity contribution is 5.94. The molecule has 5 atom stereocenters. The smallest absolute Gasteiger partial charge is 0.410 e. The SMILES string of the molecule is CCOC(=O)N1CCN(C(=O)O)C2C([C@H](CCC(=O)O)NC(=O)c3cc(N[C@@H]4CCc5ccccc54)nc(-c4ccccc4)n3)C21. The number of piperazine rings is 1. The van der Waals surface area contributed by atoms with Gasteiger partial charge in [0, 0.05) is 43.1 Å².